The molecule has 6 heteroatoms. The van der Waals surface area contributed by atoms with Crippen molar-refractivity contribution in [3.05, 3.63) is 71.4 Å². The first-order chi connectivity index (χ1) is 12.2. The minimum atomic E-state index is -0.264. The third-order valence-corrected chi connectivity index (χ3v) is 5.03. The van der Waals surface area contributed by atoms with E-state index >= 15 is 0 Å². The summed E-state index contributed by atoms with van der Waals surface area (Å²) in [5, 5.41) is 10.6. The fourth-order valence-corrected chi connectivity index (χ4v) is 3.91. The number of fused-ring (bicyclic) bond motifs is 1. The molecular weight excluding hydrogens is 332 g/mol. The molecule has 25 heavy (non-hydrogen) atoms. The first kappa shape index (κ1) is 15.8. The second-order valence-electron chi connectivity index (χ2n) is 5.96. The number of carbonyl (C=O) groups excluding carboxylic acids is 1. The Bertz CT molecular complexity index is 920. The van der Waals surface area contributed by atoms with Crippen molar-refractivity contribution in [2.75, 3.05) is 10.6 Å². The average molecular weight is 350 g/mol. The number of hydrogen-bond acceptors (Lipinski definition) is 3. The number of hydrogen-bond donors (Lipinski definition) is 2. The lowest BCUT2D eigenvalue weighted by Gasteiger charge is -2.12. The summed E-state index contributed by atoms with van der Waals surface area (Å²) in [6.45, 7) is 2.05. The van der Waals surface area contributed by atoms with E-state index in [2.05, 4.69) is 16.7 Å². The Hall–Kier alpha value is -2.73. The Morgan fingerprint density at radius 1 is 1.08 bits per heavy atom. The van der Waals surface area contributed by atoms with E-state index in [4.69, 9.17) is 5.10 Å². The van der Waals surface area contributed by atoms with Crippen LogP contribution in [0.5, 0.6) is 0 Å². The standard InChI is InChI=1S/C19H18N4OS/c1-13-6-5-9-15(10-13)23-18(16-11-25-12-17(16)22-23)21-19(24)20-14-7-3-2-4-8-14/h2-10H,11-12H2,1H3,(H2,20,21,24). The maximum absolute atomic E-state index is 12.5. The number of para-hydroxylation sites is 1. The summed E-state index contributed by atoms with van der Waals surface area (Å²) in [6.07, 6.45) is 0. The summed E-state index contributed by atoms with van der Waals surface area (Å²) in [7, 11) is 0. The molecule has 2 heterocycles. The van der Waals surface area contributed by atoms with Crippen molar-refractivity contribution in [3.8, 4) is 5.69 Å². The maximum Gasteiger partial charge on any atom is 0.324 e. The van der Waals surface area contributed by atoms with E-state index in [1.54, 1.807) is 0 Å². The molecule has 126 valence electrons. The highest BCUT2D eigenvalue weighted by molar-refractivity contribution is 7.98. The molecule has 1 aliphatic heterocycles. The Morgan fingerprint density at radius 2 is 1.92 bits per heavy atom. The molecule has 0 aliphatic carbocycles. The zero-order valence-electron chi connectivity index (χ0n) is 13.8. The molecule has 0 bridgehead atoms. The van der Waals surface area contributed by atoms with Crippen LogP contribution in [-0.2, 0) is 11.5 Å². The van der Waals surface area contributed by atoms with Gasteiger partial charge in [0, 0.05) is 22.8 Å². The second kappa shape index (κ2) is 6.64. The van der Waals surface area contributed by atoms with Gasteiger partial charge in [0.15, 0.2) is 0 Å². The zero-order valence-corrected chi connectivity index (χ0v) is 14.6. The molecule has 4 rings (SSSR count). The van der Waals surface area contributed by atoms with E-state index in [0.717, 1.165) is 45.5 Å². The van der Waals surface area contributed by atoms with Gasteiger partial charge in [-0.2, -0.15) is 16.9 Å². The molecule has 5 nitrogen and oxygen atoms in total. The van der Waals surface area contributed by atoms with Crippen molar-refractivity contribution in [3.63, 3.8) is 0 Å². The largest absolute Gasteiger partial charge is 0.324 e. The van der Waals surface area contributed by atoms with Gasteiger partial charge in [0.1, 0.15) is 5.82 Å². The smallest absolute Gasteiger partial charge is 0.308 e. The fraction of sp³-hybridized carbons (Fsp3) is 0.158. The van der Waals surface area contributed by atoms with Gasteiger partial charge in [-0.05, 0) is 36.8 Å². The van der Waals surface area contributed by atoms with Gasteiger partial charge in [0.2, 0.25) is 0 Å². The zero-order chi connectivity index (χ0) is 17.2. The SMILES string of the molecule is Cc1cccc(-n2nc3c(c2NC(=O)Nc2ccccc2)CSC3)c1. The van der Waals surface area contributed by atoms with E-state index in [0.29, 0.717) is 0 Å². The molecule has 2 aromatic carbocycles. The first-order valence-electron chi connectivity index (χ1n) is 8.09. The number of nitrogens with zero attached hydrogens (tertiary/aromatic N) is 2. The number of anilines is 2. The van der Waals surface area contributed by atoms with E-state index in [1.807, 2.05) is 71.9 Å². The van der Waals surface area contributed by atoms with Crippen LogP contribution in [0.1, 0.15) is 16.8 Å². The lowest BCUT2D eigenvalue weighted by atomic mass is 10.2. The molecule has 0 atom stereocenters. The Labute approximate surface area is 150 Å². The van der Waals surface area contributed by atoms with Gasteiger partial charge < -0.3 is 5.32 Å². The number of aromatic nitrogens is 2. The van der Waals surface area contributed by atoms with E-state index in [-0.39, 0.29) is 6.03 Å². The summed E-state index contributed by atoms with van der Waals surface area (Å²) in [5.74, 6) is 2.49. The van der Waals surface area contributed by atoms with Gasteiger partial charge in [0.05, 0.1) is 11.4 Å². The quantitative estimate of drug-likeness (QED) is 0.727. The van der Waals surface area contributed by atoms with Crippen molar-refractivity contribution in [2.24, 2.45) is 0 Å². The summed E-state index contributed by atoms with van der Waals surface area (Å²) < 4.78 is 1.84. The number of benzene rings is 2. The van der Waals surface area contributed by atoms with Crippen LogP contribution < -0.4 is 10.6 Å². The Morgan fingerprint density at radius 3 is 2.72 bits per heavy atom. The van der Waals surface area contributed by atoms with Crippen LogP contribution in [0.15, 0.2) is 54.6 Å². The van der Waals surface area contributed by atoms with Crippen LogP contribution in [-0.4, -0.2) is 15.8 Å². The summed E-state index contributed by atoms with van der Waals surface area (Å²) >= 11 is 1.81. The lowest BCUT2D eigenvalue weighted by molar-refractivity contribution is 0.262. The van der Waals surface area contributed by atoms with Gasteiger partial charge >= 0.3 is 6.03 Å². The topological polar surface area (TPSA) is 59.0 Å². The number of thioether (sulfide) groups is 1. The van der Waals surface area contributed by atoms with Crippen molar-refractivity contribution in [1.29, 1.82) is 0 Å². The molecule has 0 saturated heterocycles. The van der Waals surface area contributed by atoms with Crippen LogP contribution in [0, 0.1) is 6.92 Å². The monoisotopic (exact) mass is 350 g/mol. The van der Waals surface area contributed by atoms with Crippen molar-refractivity contribution in [1.82, 2.24) is 9.78 Å². The molecule has 1 aromatic heterocycles. The minimum Gasteiger partial charge on any atom is -0.308 e. The van der Waals surface area contributed by atoms with E-state index < -0.39 is 0 Å². The molecule has 0 fully saturated rings. The third-order valence-electron chi connectivity index (χ3n) is 4.06. The maximum atomic E-state index is 12.5. The van der Waals surface area contributed by atoms with Crippen molar-refractivity contribution in [2.45, 2.75) is 18.4 Å². The first-order valence-corrected chi connectivity index (χ1v) is 9.25. The molecule has 0 radical (unpaired) electrons. The van der Waals surface area contributed by atoms with Gasteiger partial charge in [-0.3, -0.25) is 5.32 Å². The molecule has 0 spiro atoms. The highest BCUT2D eigenvalue weighted by atomic mass is 32.2. The normalized spacial score (nSPS) is 12.7. The Kier molecular flexibility index (Phi) is 4.19. The average Bonchev–Trinajstić information content (AvgIpc) is 3.18. The molecule has 3 aromatic rings. The predicted molar refractivity (Wildman–Crippen MR) is 102 cm³/mol. The number of aryl methyl sites for hydroxylation is 1. The third kappa shape index (κ3) is 3.25. The minimum absolute atomic E-state index is 0.264. The highest BCUT2D eigenvalue weighted by Crippen LogP contribution is 2.36. The summed E-state index contributed by atoms with van der Waals surface area (Å²) in [4.78, 5) is 12.5. The van der Waals surface area contributed by atoms with Crippen LogP contribution in [0.4, 0.5) is 16.3 Å². The number of urea groups is 1. The summed E-state index contributed by atoms with van der Waals surface area (Å²) in [5.41, 5.74) is 5.01. The van der Waals surface area contributed by atoms with Gasteiger partial charge in [0.25, 0.3) is 0 Å². The highest BCUT2D eigenvalue weighted by Gasteiger charge is 2.24. The van der Waals surface area contributed by atoms with E-state index in [1.165, 1.54) is 0 Å². The van der Waals surface area contributed by atoms with Crippen LogP contribution in [0.2, 0.25) is 0 Å². The molecule has 0 saturated carbocycles. The van der Waals surface area contributed by atoms with Gasteiger partial charge in [-0.15, -0.1) is 0 Å². The number of nitrogens with one attached hydrogen (secondary N) is 2. The van der Waals surface area contributed by atoms with E-state index in [9.17, 15) is 4.79 Å². The lowest BCUT2D eigenvalue weighted by Crippen LogP contribution is -2.22. The Balaban J connectivity index is 1.65. The number of amides is 2. The van der Waals surface area contributed by atoms with Gasteiger partial charge in [-0.1, -0.05) is 30.3 Å². The van der Waals surface area contributed by atoms with Gasteiger partial charge in [-0.25, -0.2) is 9.48 Å². The van der Waals surface area contributed by atoms with Crippen LogP contribution in [0.25, 0.3) is 5.69 Å². The number of carbonyl (C=O) groups is 1. The molecule has 0 unspecified atom stereocenters. The molecule has 2 N–H and O–H groups in total. The summed E-state index contributed by atoms with van der Waals surface area (Å²) in [6, 6.07) is 17.3. The number of rotatable bonds is 3. The van der Waals surface area contributed by atoms with Crippen molar-refractivity contribution < 1.29 is 4.79 Å². The van der Waals surface area contributed by atoms with Crippen LogP contribution >= 0.6 is 11.8 Å². The molecule has 2 amide bonds. The molecule has 1 aliphatic rings. The predicted octanol–water partition coefficient (Wildman–Crippen LogP) is 4.57. The van der Waals surface area contributed by atoms with Crippen LogP contribution in [0.3, 0.4) is 0 Å². The fourth-order valence-electron chi connectivity index (χ4n) is 2.88. The molecular formula is C19H18N4OS. The second-order valence-corrected chi connectivity index (χ2v) is 6.95. The van der Waals surface area contributed by atoms with Crippen molar-refractivity contribution >= 4 is 29.3 Å².